The van der Waals surface area contributed by atoms with Gasteiger partial charge in [0.2, 0.25) is 0 Å². The molecular formula is C10H16BrN3O5. The van der Waals surface area contributed by atoms with Crippen LogP contribution in [0.5, 0.6) is 0 Å². The minimum absolute atomic E-state index is 0.192. The fourth-order valence-electron chi connectivity index (χ4n) is 1.25. The standard InChI is InChI=1S/C10H16BrN3O5/c1-17-4-5-19-7-6-18-3-2-13-8-9(11)10(12-13)14(15)16/h8H,2-7H2,1H3. The molecule has 19 heavy (non-hydrogen) atoms. The minimum Gasteiger partial charge on any atom is -0.382 e. The Balaban J connectivity index is 2.12. The molecule has 1 aromatic heterocycles. The second-order valence-electron chi connectivity index (χ2n) is 3.54. The number of nitrogens with zero attached hydrogens (tertiary/aromatic N) is 3. The van der Waals surface area contributed by atoms with Crippen molar-refractivity contribution in [1.82, 2.24) is 9.78 Å². The average Bonchev–Trinajstić information content (AvgIpc) is 2.74. The molecule has 0 N–H and O–H groups in total. The topological polar surface area (TPSA) is 88.7 Å². The van der Waals surface area contributed by atoms with Crippen molar-refractivity contribution < 1.29 is 19.1 Å². The second kappa shape index (κ2) is 8.97. The van der Waals surface area contributed by atoms with E-state index < -0.39 is 4.92 Å². The predicted octanol–water partition coefficient (Wildman–Crippen LogP) is 1.23. The van der Waals surface area contributed by atoms with Crippen LogP contribution in [0.25, 0.3) is 0 Å². The molecule has 0 aromatic carbocycles. The lowest BCUT2D eigenvalue weighted by atomic mass is 10.6. The van der Waals surface area contributed by atoms with Crippen molar-refractivity contribution in [3.63, 3.8) is 0 Å². The van der Waals surface area contributed by atoms with Crippen LogP contribution in [0, 0.1) is 10.1 Å². The molecule has 0 fully saturated rings. The van der Waals surface area contributed by atoms with E-state index in [2.05, 4.69) is 21.0 Å². The number of ether oxygens (including phenoxy) is 3. The molecule has 9 heteroatoms. The van der Waals surface area contributed by atoms with E-state index in [1.165, 1.54) is 4.68 Å². The molecule has 0 aliphatic carbocycles. The van der Waals surface area contributed by atoms with E-state index in [4.69, 9.17) is 14.2 Å². The second-order valence-corrected chi connectivity index (χ2v) is 4.39. The van der Waals surface area contributed by atoms with Gasteiger partial charge in [0.25, 0.3) is 0 Å². The maximum atomic E-state index is 10.6. The van der Waals surface area contributed by atoms with Crippen molar-refractivity contribution in [3.8, 4) is 0 Å². The van der Waals surface area contributed by atoms with Gasteiger partial charge in [0.15, 0.2) is 0 Å². The van der Waals surface area contributed by atoms with Crippen LogP contribution in [0.3, 0.4) is 0 Å². The molecule has 0 aliphatic heterocycles. The SMILES string of the molecule is COCCOCCOCCn1cc(Br)c([N+](=O)[O-])n1. The monoisotopic (exact) mass is 337 g/mol. The zero-order valence-corrected chi connectivity index (χ0v) is 12.2. The Kier molecular flexibility index (Phi) is 7.56. The molecule has 1 aromatic rings. The molecule has 0 radical (unpaired) electrons. The molecule has 0 saturated heterocycles. The molecule has 8 nitrogen and oxygen atoms in total. The Bertz CT molecular complexity index is 399. The highest BCUT2D eigenvalue weighted by Crippen LogP contribution is 2.21. The first-order valence-electron chi connectivity index (χ1n) is 5.67. The summed E-state index contributed by atoms with van der Waals surface area (Å²) in [6, 6.07) is 0. The molecule has 0 spiro atoms. The quantitative estimate of drug-likeness (QED) is 0.362. The van der Waals surface area contributed by atoms with E-state index in [1.54, 1.807) is 13.3 Å². The van der Waals surface area contributed by atoms with Gasteiger partial charge in [-0.25, -0.2) is 0 Å². The lowest BCUT2D eigenvalue weighted by Gasteiger charge is -2.04. The highest BCUT2D eigenvalue weighted by atomic mass is 79.9. The maximum absolute atomic E-state index is 10.6. The fourth-order valence-corrected chi connectivity index (χ4v) is 1.71. The Morgan fingerprint density at radius 1 is 1.32 bits per heavy atom. The molecular weight excluding hydrogens is 322 g/mol. The number of halogens is 1. The molecule has 108 valence electrons. The normalized spacial score (nSPS) is 10.8. The van der Waals surface area contributed by atoms with Gasteiger partial charge in [-0.3, -0.25) is 0 Å². The van der Waals surface area contributed by atoms with Gasteiger partial charge in [-0.2, -0.15) is 4.68 Å². The van der Waals surface area contributed by atoms with Gasteiger partial charge in [0, 0.05) is 7.11 Å². The number of methoxy groups -OCH3 is 1. The number of rotatable bonds is 10. The van der Waals surface area contributed by atoms with E-state index in [0.717, 1.165) is 0 Å². The summed E-state index contributed by atoms with van der Waals surface area (Å²) in [5.74, 6) is -0.192. The number of nitro groups is 1. The lowest BCUT2D eigenvalue weighted by molar-refractivity contribution is -0.390. The largest absolute Gasteiger partial charge is 0.404 e. The van der Waals surface area contributed by atoms with Crippen molar-refractivity contribution in [2.45, 2.75) is 6.54 Å². The van der Waals surface area contributed by atoms with Crippen LogP contribution in [0.2, 0.25) is 0 Å². The maximum Gasteiger partial charge on any atom is 0.404 e. The van der Waals surface area contributed by atoms with E-state index in [-0.39, 0.29) is 5.82 Å². The average molecular weight is 338 g/mol. The summed E-state index contributed by atoms with van der Waals surface area (Å²) in [7, 11) is 1.61. The zero-order chi connectivity index (χ0) is 14.1. The van der Waals surface area contributed by atoms with Crippen LogP contribution in [0.4, 0.5) is 5.82 Å². The van der Waals surface area contributed by atoms with Gasteiger partial charge in [0.05, 0.1) is 50.9 Å². The van der Waals surface area contributed by atoms with Gasteiger partial charge in [-0.1, -0.05) is 0 Å². The first-order valence-corrected chi connectivity index (χ1v) is 6.46. The van der Waals surface area contributed by atoms with Crippen molar-refractivity contribution in [3.05, 3.63) is 20.8 Å². The summed E-state index contributed by atoms with van der Waals surface area (Å²) in [6.45, 7) is 2.92. The van der Waals surface area contributed by atoms with Crippen molar-refractivity contribution in [2.24, 2.45) is 0 Å². The molecule has 0 saturated carbocycles. The summed E-state index contributed by atoms with van der Waals surface area (Å²) < 4.78 is 17.2. The third kappa shape index (κ3) is 6.10. The third-order valence-corrected chi connectivity index (χ3v) is 2.70. The summed E-state index contributed by atoms with van der Waals surface area (Å²) in [6.07, 6.45) is 1.55. The van der Waals surface area contributed by atoms with E-state index >= 15 is 0 Å². The van der Waals surface area contributed by atoms with Crippen LogP contribution in [0.15, 0.2) is 10.7 Å². The first kappa shape index (κ1) is 16.0. The Hall–Kier alpha value is -1.03. The lowest BCUT2D eigenvalue weighted by Crippen LogP contribution is -2.12. The third-order valence-electron chi connectivity index (χ3n) is 2.14. The van der Waals surface area contributed by atoms with Crippen LogP contribution in [-0.2, 0) is 20.8 Å². The highest BCUT2D eigenvalue weighted by molar-refractivity contribution is 9.10. The van der Waals surface area contributed by atoms with Crippen LogP contribution >= 0.6 is 15.9 Å². The minimum atomic E-state index is -0.537. The zero-order valence-electron chi connectivity index (χ0n) is 10.6. The van der Waals surface area contributed by atoms with Gasteiger partial charge < -0.3 is 24.3 Å². The molecule has 0 aliphatic rings. The molecule has 0 amide bonds. The van der Waals surface area contributed by atoms with Crippen molar-refractivity contribution >= 4 is 21.7 Å². The highest BCUT2D eigenvalue weighted by Gasteiger charge is 2.17. The number of hydrogen-bond acceptors (Lipinski definition) is 6. The van der Waals surface area contributed by atoms with Crippen LogP contribution < -0.4 is 0 Å². The Morgan fingerprint density at radius 2 is 1.95 bits per heavy atom. The smallest absolute Gasteiger partial charge is 0.382 e. The Labute approximate surface area is 118 Å². The van der Waals surface area contributed by atoms with Gasteiger partial charge >= 0.3 is 5.82 Å². The van der Waals surface area contributed by atoms with E-state index in [0.29, 0.717) is 44.1 Å². The molecule has 1 rings (SSSR count). The molecule has 0 unspecified atom stereocenters. The van der Waals surface area contributed by atoms with Gasteiger partial charge in [-0.15, -0.1) is 0 Å². The summed E-state index contributed by atoms with van der Waals surface area (Å²) in [5.41, 5.74) is 0. The molecule has 0 atom stereocenters. The van der Waals surface area contributed by atoms with Crippen LogP contribution in [0.1, 0.15) is 0 Å². The van der Waals surface area contributed by atoms with Crippen LogP contribution in [-0.4, -0.2) is 54.8 Å². The fraction of sp³-hybridized carbons (Fsp3) is 0.700. The van der Waals surface area contributed by atoms with Crippen molar-refractivity contribution in [1.29, 1.82) is 0 Å². The molecule has 0 bridgehead atoms. The van der Waals surface area contributed by atoms with Gasteiger partial charge in [-0.05, 0) is 20.9 Å². The van der Waals surface area contributed by atoms with E-state index in [9.17, 15) is 10.1 Å². The number of aromatic nitrogens is 2. The number of hydrogen-bond donors (Lipinski definition) is 0. The first-order chi connectivity index (χ1) is 9.15. The summed E-state index contributed by atoms with van der Waals surface area (Å²) >= 11 is 3.08. The molecule has 1 heterocycles. The van der Waals surface area contributed by atoms with E-state index in [1.807, 2.05) is 0 Å². The summed E-state index contributed by atoms with van der Waals surface area (Å²) in [4.78, 5) is 10.0. The Morgan fingerprint density at radius 3 is 2.53 bits per heavy atom. The van der Waals surface area contributed by atoms with Crippen molar-refractivity contribution in [2.75, 3.05) is 40.1 Å². The van der Waals surface area contributed by atoms with Gasteiger partial charge in [0.1, 0.15) is 4.47 Å². The predicted molar refractivity (Wildman–Crippen MR) is 70.1 cm³/mol. The summed E-state index contributed by atoms with van der Waals surface area (Å²) in [5, 5.41) is 14.4.